The van der Waals surface area contributed by atoms with E-state index in [0.717, 1.165) is 30.4 Å². The van der Waals surface area contributed by atoms with Crippen LogP contribution in [0.4, 0.5) is 5.69 Å². The molecule has 0 saturated carbocycles. The molecule has 2 N–H and O–H groups in total. The molecule has 1 aromatic heterocycles. The van der Waals surface area contributed by atoms with Gasteiger partial charge in [0.25, 0.3) is 11.5 Å². The van der Waals surface area contributed by atoms with Gasteiger partial charge in [-0.15, -0.1) is 0 Å². The van der Waals surface area contributed by atoms with Crippen LogP contribution in [-0.4, -0.2) is 28.1 Å². The molecule has 0 aliphatic heterocycles. The molecule has 0 bridgehead atoms. The van der Waals surface area contributed by atoms with Crippen molar-refractivity contribution in [2.75, 3.05) is 11.9 Å². The summed E-state index contributed by atoms with van der Waals surface area (Å²) in [5.74, 6) is -0.820. The number of fused-ring (bicyclic) bond motifs is 1. The van der Waals surface area contributed by atoms with E-state index in [1.165, 1.54) is 4.68 Å². The maximum atomic E-state index is 12.9. The summed E-state index contributed by atoms with van der Waals surface area (Å²) in [6.07, 6.45) is 2.80. The standard InChI is InChI=1S/C24H28N4O3/c1-4-5-8-14-28-24(31)19-12-7-6-11-18(19)22(27-28)23(30)25-15-21(29)26-20-13-9-10-16(2)17(20)3/h6-7,9-13H,4-5,8,14-15H2,1-3H3,(H,25,30)(H,26,29). The third kappa shape index (κ3) is 5.17. The Labute approximate surface area is 181 Å². The number of unbranched alkanes of at least 4 members (excludes halogenated alkanes) is 2. The van der Waals surface area contributed by atoms with Gasteiger partial charge in [0.2, 0.25) is 5.91 Å². The Morgan fingerprint density at radius 1 is 1.00 bits per heavy atom. The first-order valence-corrected chi connectivity index (χ1v) is 10.6. The molecule has 0 aliphatic carbocycles. The lowest BCUT2D eigenvalue weighted by Gasteiger charge is -2.12. The summed E-state index contributed by atoms with van der Waals surface area (Å²) in [6.45, 7) is 6.24. The summed E-state index contributed by atoms with van der Waals surface area (Å²) in [4.78, 5) is 38.0. The fourth-order valence-corrected chi connectivity index (χ4v) is 3.39. The van der Waals surface area contributed by atoms with Crippen molar-refractivity contribution in [2.45, 2.75) is 46.6 Å². The Kier molecular flexibility index (Phi) is 7.18. The van der Waals surface area contributed by atoms with Gasteiger partial charge in [0.1, 0.15) is 0 Å². The Balaban J connectivity index is 1.78. The molecule has 31 heavy (non-hydrogen) atoms. The molecule has 0 saturated heterocycles. The number of nitrogens with one attached hydrogen (secondary N) is 2. The van der Waals surface area contributed by atoms with Crippen LogP contribution in [0.2, 0.25) is 0 Å². The van der Waals surface area contributed by atoms with Crippen LogP contribution < -0.4 is 16.2 Å². The Hall–Kier alpha value is -3.48. The average molecular weight is 421 g/mol. The summed E-state index contributed by atoms with van der Waals surface area (Å²) >= 11 is 0. The summed E-state index contributed by atoms with van der Waals surface area (Å²) < 4.78 is 1.35. The lowest BCUT2D eigenvalue weighted by atomic mass is 10.1. The molecular formula is C24H28N4O3. The van der Waals surface area contributed by atoms with Gasteiger partial charge >= 0.3 is 0 Å². The molecule has 3 aromatic rings. The van der Waals surface area contributed by atoms with Crippen LogP contribution in [0.25, 0.3) is 10.8 Å². The SMILES string of the molecule is CCCCCn1nc(C(=O)NCC(=O)Nc2cccc(C)c2C)c2ccccc2c1=O. The first-order valence-electron chi connectivity index (χ1n) is 10.6. The van der Waals surface area contributed by atoms with E-state index in [4.69, 9.17) is 0 Å². The second-order valence-corrected chi connectivity index (χ2v) is 7.61. The van der Waals surface area contributed by atoms with Crippen LogP contribution >= 0.6 is 0 Å². The lowest BCUT2D eigenvalue weighted by molar-refractivity contribution is -0.115. The molecule has 7 nitrogen and oxygen atoms in total. The van der Waals surface area contributed by atoms with Crippen molar-refractivity contribution in [3.63, 3.8) is 0 Å². The Morgan fingerprint density at radius 3 is 2.48 bits per heavy atom. The van der Waals surface area contributed by atoms with Crippen LogP contribution in [0.5, 0.6) is 0 Å². The van der Waals surface area contributed by atoms with E-state index in [-0.39, 0.29) is 23.7 Å². The minimum Gasteiger partial charge on any atom is -0.342 e. The molecule has 0 spiro atoms. The zero-order valence-corrected chi connectivity index (χ0v) is 18.2. The van der Waals surface area contributed by atoms with E-state index in [1.54, 1.807) is 24.3 Å². The van der Waals surface area contributed by atoms with E-state index >= 15 is 0 Å². The number of rotatable bonds is 8. The van der Waals surface area contributed by atoms with E-state index in [0.29, 0.717) is 23.0 Å². The molecule has 7 heteroatoms. The summed E-state index contributed by atoms with van der Waals surface area (Å²) in [6, 6.07) is 12.6. The highest BCUT2D eigenvalue weighted by Crippen LogP contribution is 2.18. The number of hydrogen-bond donors (Lipinski definition) is 2. The van der Waals surface area contributed by atoms with Crippen molar-refractivity contribution in [3.05, 3.63) is 69.6 Å². The molecule has 0 aliphatic rings. The lowest BCUT2D eigenvalue weighted by Crippen LogP contribution is -2.35. The van der Waals surface area contributed by atoms with E-state index in [1.807, 2.05) is 32.0 Å². The quantitative estimate of drug-likeness (QED) is 0.545. The summed E-state index contributed by atoms with van der Waals surface area (Å²) in [5.41, 5.74) is 2.70. The van der Waals surface area contributed by atoms with Crippen molar-refractivity contribution in [1.82, 2.24) is 15.1 Å². The van der Waals surface area contributed by atoms with Gasteiger partial charge in [-0.2, -0.15) is 5.10 Å². The van der Waals surface area contributed by atoms with E-state index < -0.39 is 5.91 Å². The first kappa shape index (κ1) is 22.2. The molecule has 0 fully saturated rings. The van der Waals surface area contributed by atoms with Gasteiger partial charge in [0, 0.05) is 17.6 Å². The molecule has 0 unspecified atom stereocenters. The fourth-order valence-electron chi connectivity index (χ4n) is 3.39. The summed E-state index contributed by atoms with van der Waals surface area (Å²) in [7, 11) is 0. The molecular weight excluding hydrogens is 392 g/mol. The predicted molar refractivity (Wildman–Crippen MR) is 122 cm³/mol. The molecule has 162 valence electrons. The number of carbonyl (C=O) groups is 2. The van der Waals surface area contributed by atoms with Gasteiger partial charge in [-0.25, -0.2) is 4.68 Å². The fraction of sp³-hybridized carbons (Fsp3) is 0.333. The number of aromatic nitrogens is 2. The smallest absolute Gasteiger partial charge is 0.274 e. The van der Waals surface area contributed by atoms with Gasteiger partial charge in [-0.3, -0.25) is 14.4 Å². The van der Waals surface area contributed by atoms with Crippen molar-refractivity contribution >= 4 is 28.3 Å². The molecule has 0 atom stereocenters. The van der Waals surface area contributed by atoms with E-state index in [2.05, 4.69) is 22.7 Å². The average Bonchev–Trinajstić information content (AvgIpc) is 2.77. The largest absolute Gasteiger partial charge is 0.342 e. The van der Waals surface area contributed by atoms with Crippen LogP contribution in [-0.2, 0) is 11.3 Å². The molecule has 3 rings (SSSR count). The molecule has 2 aromatic carbocycles. The van der Waals surface area contributed by atoms with Gasteiger partial charge in [0.05, 0.1) is 11.9 Å². The van der Waals surface area contributed by atoms with Gasteiger partial charge in [0.15, 0.2) is 5.69 Å². The minimum absolute atomic E-state index is 0.145. The third-order valence-corrected chi connectivity index (χ3v) is 5.34. The predicted octanol–water partition coefficient (Wildman–Crippen LogP) is 3.57. The Bertz CT molecular complexity index is 1170. The third-order valence-electron chi connectivity index (χ3n) is 5.34. The van der Waals surface area contributed by atoms with Crippen molar-refractivity contribution in [1.29, 1.82) is 0 Å². The molecule has 1 heterocycles. The number of benzene rings is 2. The number of aryl methyl sites for hydroxylation is 2. The second kappa shape index (κ2) is 10.0. The van der Waals surface area contributed by atoms with Crippen molar-refractivity contribution < 1.29 is 9.59 Å². The maximum Gasteiger partial charge on any atom is 0.274 e. The van der Waals surface area contributed by atoms with Crippen LogP contribution in [0.15, 0.2) is 47.3 Å². The monoisotopic (exact) mass is 420 g/mol. The normalized spacial score (nSPS) is 10.8. The number of anilines is 1. The highest BCUT2D eigenvalue weighted by Gasteiger charge is 2.17. The first-order chi connectivity index (χ1) is 14.9. The van der Waals surface area contributed by atoms with E-state index in [9.17, 15) is 14.4 Å². The van der Waals surface area contributed by atoms with Crippen LogP contribution in [0.3, 0.4) is 0 Å². The molecule has 2 amide bonds. The maximum absolute atomic E-state index is 12.9. The zero-order valence-electron chi connectivity index (χ0n) is 18.2. The van der Waals surface area contributed by atoms with Gasteiger partial charge in [-0.05, 0) is 43.5 Å². The summed E-state index contributed by atoms with van der Waals surface area (Å²) in [5, 5.41) is 10.7. The van der Waals surface area contributed by atoms with Crippen molar-refractivity contribution in [2.24, 2.45) is 0 Å². The Morgan fingerprint density at radius 2 is 1.74 bits per heavy atom. The van der Waals surface area contributed by atoms with Crippen LogP contribution in [0.1, 0.15) is 47.8 Å². The molecule has 0 radical (unpaired) electrons. The highest BCUT2D eigenvalue weighted by atomic mass is 16.2. The number of amides is 2. The number of carbonyl (C=O) groups excluding carboxylic acids is 2. The number of nitrogens with zero attached hydrogens (tertiary/aromatic N) is 2. The minimum atomic E-state index is -0.489. The zero-order chi connectivity index (χ0) is 22.4. The number of hydrogen-bond acceptors (Lipinski definition) is 4. The van der Waals surface area contributed by atoms with Crippen LogP contribution in [0, 0.1) is 13.8 Å². The highest BCUT2D eigenvalue weighted by molar-refractivity contribution is 6.06. The van der Waals surface area contributed by atoms with Crippen molar-refractivity contribution in [3.8, 4) is 0 Å². The topological polar surface area (TPSA) is 93.1 Å². The second-order valence-electron chi connectivity index (χ2n) is 7.61. The van der Waals surface area contributed by atoms with Gasteiger partial charge < -0.3 is 10.6 Å². The van der Waals surface area contributed by atoms with Gasteiger partial charge in [-0.1, -0.05) is 50.1 Å².